The maximum absolute atomic E-state index is 8.96. The molecule has 0 aliphatic heterocycles. The van der Waals surface area contributed by atoms with Crippen molar-refractivity contribution in [3.8, 4) is 11.5 Å². The van der Waals surface area contributed by atoms with Gasteiger partial charge in [0.05, 0.1) is 18.0 Å². The standard InChI is InChI=1S/C13H16N4O2S/c1-3-20-11-6-4-5-10(12(11)13(14)16-18)19-9-7-15-17(2)8-9/h4-8,18H,3H2,1-2H3,(H2,14,16). The summed E-state index contributed by atoms with van der Waals surface area (Å²) >= 11 is 1.60. The highest BCUT2D eigenvalue weighted by molar-refractivity contribution is 7.99. The summed E-state index contributed by atoms with van der Waals surface area (Å²) in [7, 11) is 1.81. The molecule has 0 radical (unpaired) electrons. The van der Waals surface area contributed by atoms with E-state index in [1.54, 1.807) is 42.0 Å². The quantitative estimate of drug-likeness (QED) is 0.290. The third kappa shape index (κ3) is 3.05. The number of thioether (sulfide) groups is 1. The number of amidine groups is 1. The number of nitrogens with two attached hydrogens (primary N) is 1. The zero-order chi connectivity index (χ0) is 14.5. The fraction of sp³-hybridized carbons (Fsp3) is 0.231. The van der Waals surface area contributed by atoms with Crippen LogP contribution < -0.4 is 10.5 Å². The smallest absolute Gasteiger partial charge is 0.175 e. The van der Waals surface area contributed by atoms with E-state index in [1.807, 2.05) is 19.1 Å². The van der Waals surface area contributed by atoms with Crippen LogP contribution in [-0.4, -0.2) is 26.6 Å². The summed E-state index contributed by atoms with van der Waals surface area (Å²) < 4.78 is 7.41. The number of oxime groups is 1. The topological polar surface area (TPSA) is 85.7 Å². The van der Waals surface area contributed by atoms with Gasteiger partial charge in [-0.25, -0.2) is 0 Å². The average Bonchev–Trinajstić information content (AvgIpc) is 2.84. The van der Waals surface area contributed by atoms with Crippen LogP contribution in [0.3, 0.4) is 0 Å². The van der Waals surface area contributed by atoms with Crippen LogP contribution in [0.1, 0.15) is 12.5 Å². The van der Waals surface area contributed by atoms with Gasteiger partial charge in [0.2, 0.25) is 0 Å². The molecule has 3 N–H and O–H groups in total. The number of nitrogens with zero attached hydrogens (tertiary/aromatic N) is 3. The minimum Gasteiger partial charge on any atom is -0.453 e. The summed E-state index contributed by atoms with van der Waals surface area (Å²) in [5.41, 5.74) is 6.36. The Labute approximate surface area is 121 Å². The lowest BCUT2D eigenvalue weighted by atomic mass is 10.2. The average molecular weight is 292 g/mol. The fourth-order valence-electron chi connectivity index (χ4n) is 1.75. The van der Waals surface area contributed by atoms with Crippen LogP contribution >= 0.6 is 11.8 Å². The predicted molar refractivity (Wildman–Crippen MR) is 78.6 cm³/mol. The summed E-state index contributed by atoms with van der Waals surface area (Å²) in [5, 5.41) is 16.1. The first-order chi connectivity index (χ1) is 9.65. The molecule has 2 aromatic rings. The second kappa shape index (κ2) is 6.33. The molecule has 6 nitrogen and oxygen atoms in total. The van der Waals surface area contributed by atoms with Gasteiger partial charge in [-0.15, -0.1) is 11.8 Å². The van der Waals surface area contributed by atoms with Crippen molar-refractivity contribution in [1.29, 1.82) is 0 Å². The Bertz CT molecular complexity index is 625. The van der Waals surface area contributed by atoms with Crippen molar-refractivity contribution in [2.75, 3.05) is 5.75 Å². The van der Waals surface area contributed by atoms with Crippen LogP contribution in [0.2, 0.25) is 0 Å². The molecule has 2 rings (SSSR count). The van der Waals surface area contributed by atoms with E-state index in [0.29, 0.717) is 17.1 Å². The number of aryl methyl sites for hydroxylation is 1. The van der Waals surface area contributed by atoms with E-state index >= 15 is 0 Å². The molecule has 0 saturated heterocycles. The number of benzene rings is 1. The molecule has 20 heavy (non-hydrogen) atoms. The normalized spacial score (nSPS) is 11.6. The van der Waals surface area contributed by atoms with E-state index < -0.39 is 0 Å². The van der Waals surface area contributed by atoms with Gasteiger partial charge >= 0.3 is 0 Å². The molecule has 0 saturated carbocycles. The third-order valence-electron chi connectivity index (χ3n) is 2.56. The molecule has 0 aliphatic rings. The maximum atomic E-state index is 8.96. The lowest BCUT2D eigenvalue weighted by Crippen LogP contribution is -2.15. The highest BCUT2D eigenvalue weighted by Gasteiger charge is 2.15. The molecule has 1 aromatic carbocycles. The number of hydrogen-bond acceptors (Lipinski definition) is 5. The van der Waals surface area contributed by atoms with Gasteiger partial charge in [-0.1, -0.05) is 18.1 Å². The maximum Gasteiger partial charge on any atom is 0.175 e. The number of hydrogen-bond donors (Lipinski definition) is 2. The van der Waals surface area contributed by atoms with Crippen molar-refractivity contribution in [2.45, 2.75) is 11.8 Å². The molecule has 1 heterocycles. The first-order valence-corrected chi connectivity index (χ1v) is 7.04. The zero-order valence-electron chi connectivity index (χ0n) is 11.3. The predicted octanol–water partition coefficient (Wildman–Crippen LogP) is 2.42. The Balaban J connectivity index is 2.43. The molecule has 0 unspecified atom stereocenters. The summed E-state index contributed by atoms with van der Waals surface area (Å²) in [4.78, 5) is 0.907. The van der Waals surface area contributed by atoms with Gasteiger partial charge in [-0.3, -0.25) is 4.68 Å². The first kappa shape index (κ1) is 14.3. The van der Waals surface area contributed by atoms with Crippen molar-refractivity contribution in [3.05, 3.63) is 36.2 Å². The monoisotopic (exact) mass is 292 g/mol. The van der Waals surface area contributed by atoms with Crippen molar-refractivity contribution >= 4 is 17.6 Å². The lowest BCUT2D eigenvalue weighted by Gasteiger charge is -2.12. The minimum atomic E-state index is 0.0282. The van der Waals surface area contributed by atoms with Gasteiger partial charge in [-0.05, 0) is 17.9 Å². The van der Waals surface area contributed by atoms with Gasteiger partial charge in [0.1, 0.15) is 5.75 Å². The Morgan fingerprint density at radius 3 is 2.95 bits per heavy atom. The highest BCUT2D eigenvalue weighted by atomic mass is 32.2. The van der Waals surface area contributed by atoms with Gasteiger partial charge in [0, 0.05) is 11.9 Å². The molecule has 106 valence electrons. The van der Waals surface area contributed by atoms with Gasteiger partial charge in [0.25, 0.3) is 0 Å². The lowest BCUT2D eigenvalue weighted by molar-refractivity contribution is 0.318. The number of rotatable bonds is 5. The molecule has 0 bridgehead atoms. The summed E-state index contributed by atoms with van der Waals surface area (Å²) in [6.45, 7) is 2.04. The molecular weight excluding hydrogens is 276 g/mol. The van der Waals surface area contributed by atoms with Crippen LogP contribution in [0.15, 0.2) is 40.6 Å². The molecule has 1 aromatic heterocycles. The zero-order valence-corrected chi connectivity index (χ0v) is 12.1. The molecule has 0 fully saturated rings. The number of aromatic nitrogens is 2. The van der Waals surface area contributed by atoms with Gasteiger partial charge in [0.15, 0.2) is 11.6 Å². The Morgan fingerprint density at radius 1 is 1.55 bits per heavy atom. The van der Waals surface area contributed by atoms with Crippen molar-refractivity contribution in [1.82, 2.24) is 9.78 Å². The van der Waals surface area contributed by atoms with Gasteiger partial charge < -0.3 is 15.7 Å². The molecule has 0 atom stereocenters. The van der Waals surface area contributed by atoms with E-state index in [1.165, 1.54) is 0 Å². The van der Waals surface area contributed by atoms with Crippen molar-refractivity contribution in [3.63, 3.8) is 0 Å². The van der Waals surface area contributed by atoms with Crippen LogP contribution in [0.5, 0.6) is 11.5 Å². The molecule has 0 spiro atoms. The van der Waals surface area contributed by atoms with Crippen molar-refractivity contribution in [2.24, 2.45) is 17.9 Å². The number of ether oxygens (including phenoxy) is 1. The molecular formula is C13H16N4O2S. The van der Waals surface area contributed by atoms with Gasteiger partial charge in [-0.2, -0.15) is 5.10 Å². The van der Waals surface area contributed by atoms with E-state index in [-0.39, 0.29) is 5.84 Å². The van der Waals surface area contributed by atoms with E-state index in [2.05, 4.69) is 10.3 Å². The van der Waals surface area contributed by atoms with E-state index in [9.17, 15) is 0 Å². The van der Waals surface area contributed by atoms with E-state index in [0.717, 1.165) is 10.6 Å². The third-order valence-corrected chi connectivity index (χ3v) is 3.50. The Morgan fingerprint density at radius 2 is 2.35 bits per heavy atom. The van der Waals surface area contributed by atoms with Crippen LogP contribution in [0.4, 0.5) is 0 Å². The summed E-state index contributed by atoms with van der Waals surface area (Å²) in [6.07, 6.45) is 3.35. The highest BCUT2D eigenvalue weighted by Crippen LogP contribution is 2.32. The van der Waals surface area contributed by atoms with E-state index in [4.69, 9.17) is 15.7 Å². The van der Waals surface area contributed by atoms with Crippen molar-refractivity contribution < 1.29 is 9.94 Å². The summed E-state index contributed by atoms with van der Waals surface area (Å²) in [5.74, 6) is 2.03. The SMILES string of the molecule is CCSc1cccc(Oc2cnn(C)c2)c1/C(N)=N/O. The largest absolute Gasteiger partial charge is 0.453 e. The first-order valence-electron chi connectivity index (χ1n) is 6.06. The second-order valence-electron chi connectivity index (χ2n) is 4.00. The molecule has 0 amide bonds. The molecule has 0 aliphatic carbocycles. The second-order valence-corrected chi connectivity index (χ2v) is 5.31. The molecule has 7 heteroatoms. The Kier molecular flexibility index (Phi) is 4.52. The summed E-state index contributed by atoms with van der Waals surface area (Å²) in [6, 6.07) is 5.57. The van der Waals surface area contributed by atoms with Crippen LogP contribution in [0.25, 0.3) is 0 Å². The Hall–Kier alpha value is -2.15. The van der Waals surface area contributed by atoms with Crippen LogP contribution in [-0.2, 0) is 7.05 Å². The minimum absolute atomic E-state index is 0.0282. The van der Waals surface area contributed by atoms with Crippen LogP contribution in [0, 0.1) is 0 Å². The fourth-order valence-corrected chi connectivity index (χ4v) is 2.59.